The standard InChI is InChI=1S/C20H18F3N3O2/c1-13-5-3-4-6-15(13)12-26-14(2)11-18(25-26)19(27)24-16-7-9-17(10-8-16)28-20(21,22)23/h3-11H,12H2,1-2H3,(H,24,27). The molecule has 8 heteroatoms. The lowest BCUT2D eigenvalue weighted by Gasteiger charge is -2.09. The van der Waals surface area contributed by atoms with Crippen LogP contribution in [-0.2, 0) is 6.54 Å². The summed E-state index contributed by atoms with van der Waals surface area (Å²) >= 11 is 0. The summed E-state index contributed by atoms with van der Waals surface area (Å²) in [6.07, 6.45) is -4.76. The van der Waals surface area contributed by atoms with Gasteiger partial charge in [-0.15, -0.1) is 13.2 Å². The summed E-state index contributed by atoms with van der Waals surface area (Å²) in [4.78, 5) is 12.4. The Labute approximate surface area is 159 Å². The molecule has 0 saturated heterocycles. The topological polar surface area (TPSA) is 56.2 Å². The van der Waals surface area contributed by atoms with Gasteiger partial charge in [0.05, 0.1) is 6.54 Å². The maximum atomic E-state index is 12.4. The van der Waals surface area contributed by atoms with E-state index in [2.05, 4.69) is 15.2 Å². The van der Waals surface area contributed by atoms with Gasteiger partial charge in [-0.25, -0.2) is 0 Å². The maximum Gasteiger partial charge on any atom is 0.573 e. The van der Waals surface area contributed by atoms with E-state index in [0.29, 0.717) is 12.2 Å². The SMILES string of the molecule is Cc1ccccc1Cn1nc(C(=O)Nc2ccc(OC(F)(F)F)cc2)cc1C. The number of nitrogens with one attached hydrogen (secondary N) is 1. The number of amides is 1. The molecule has 0 unspecified atom stereocenters. The number of alkyl halides is 3. The number of hydrogen-bond acceptors (Lipinski definition) is 3. The van der Waals surface area contributed by atoms with E-state index in [1.807, 2.05) is 38.1 Å². The van der Waals surface area contributed by atoms with Gasteiger partial charge >= 0.3 is 6.36 Å². The summed E-state index contributed by atoms with van der Waals surface area (Å²) in [6, 6.07) is 14.5. The highest BCUT2D eigenvalue weighted by Gasteiger charge is 2.31. The largest absolute Gasteiger partial charge is 0.573 e. The highest BCUT2D eigenvalue weighted by atomic mass is 19.4. The van der Waals surface area contributed by atoms with Gasteiger partial charge in [0.15, 0.2) is 5.69 Å². The quantitative estimate of drug-likeness (QED) is 0.688. The molecule has 0 bridgehead atoms. The van der Waals surface area contributed by atoms with Crippen LogP contribution in [0.15, 0.2) is 54.6 Å². The number of aryl methyl sites for hydroxylation is 2. The van der Waals surface area contributed by atoms with E-state index in [0.717, 1.165) is 29.0 Å². The molecule has 0 radical (unpaired) electrons. The molecule has 0 aliphatic heterocycles. The fourth-order valence-electron chi connectivity index (χ4n) is 2.67. The number of benzene rings is 2. The van der Waals surface area contributed by atoms with Gasteiger partial charge in [-0.3, -0.25) is 9.48 Å². The monoisotopic (exact) mass is 389 g/mol. The van der Waals surface area contributed by atoms with Crippen molar-refractivity contribution in [1.82, 2.24) is 9.78 Å². The van der Waals surface area contributed by atoms with Crippen LogP contribution in [0.25, 0.3) is 0 Å². The van der Waals surface area contributed by atoms with Crippen LogP contribution in [0.2, 0.25) is 0 Å². The molecule has 2 aromatic carbocycles. The Bertz CT molecular complexity index is 979. The Morgan fingerprint density at radius 1 is 1.11 bits per heavy atom. The number of nitrogens with zero attached hydrogens (tertiary/aromatic N) is 2. The minimum Gasteiger partial charge on any atom is -0.406 e. The van der Waals surface area contributed by atoms with E-state index >= 15 is 0 Å². The molecule has 0 fully saturated rings. The Morgan fingerprint density at radius 2 is 1.79 bits per heavy atom. The van der Waals surface area contributed by atoms with Crippen LogP contribution in [0.3, 0.4) is 0 Å². The van der Waals surface area contributed by atoms with Crippen LogP contribution in [0.4, 0.5) is 18.9 Å². The van der Waals surface area contributed by atoms with E-state index in [9.17, 15) is 18.0 Å². The minimum atomic E-state index is -4.76. The van der Waals surface area contributed by atoms with Gasteiger partial charge in [-0.05, 0) is 55.3 Å². The van der Waals surface area contributed by atoms with Crippen molar-refractivity contribution in [3.05, 3.63) is 77.1 Å². The average molecular weight is 389 g/mol. The molecule has 5 nitrogen and oxygen atoms in total. The molecule has 146 valence electrons. The van der Waals surface area contributed by atoms with E-state index in [4.69, 9.17) is 0 Å². The molecule has 0 aliphatic rings. The molecule has 0 aliphatic carbocycles. The third-order valence-electron chi connectivity index (χ3n) is 4.14. The lowest BCUT2D eigenvalue weighted by Crippen LogP contribution is -2.17. The van der Waals surface area contributed by atoms with Gasteiger partial charge < -0.3 is 10.1 Å². The minimum absolute atomic E-state index is 0.224. The third kappa shape index (κ3) is 4.91. The van der Waals surface area contributed by atoms with Gasteiger partial charge in [0.2, 0.25) is 0 Å². The van der Waals surface area contributed by atoms with Crippen LogP contribution in [-0.4, -0.2) is 22.1 Å². The first kappa shape index (κ1) is 19.5. The summed E-state index contributed by atoms with van der Waals surface area (Å²) in [5.74, 6) is -0.806. The average Bonchev–Trinajstić information content (AvgIpc) is 2.98. The molecule has 0 saturated carbocycles. The zero-order valence-corrected chi connectivity index (χ0v) is 15.2. The van der Waals surface area contributed by atoms with Crippen LogP contribution in [0.5, 0.6) is 5.75 Å². The number of hydrogen-bond donors (Lipinski definition) is 1. The number of rotatable bonds is 5. The molecule has 28 heavy (non-hydrogen) atoms. The molecule has 0 atom stereocenters. The Kier molecular flexibility index (Phi) is 5.39. The number of aromatic nitrogens is 2. The first-order valence-electron chi connectivity index (χ1n) is 8.47. The number of anilines is 1. The molecule has 1 amide bonds. The summed E-state index contributed by atoms with van der Waals surface area (Å²) in [5, 5.41) is 6.95. The highest BCUT2D eigenvalue weighted by Crippen LogP contribution is 2.24. The van der Waals surface area contributed by atoms with Crippen molar-refractivity contribution in [1.29, 1.82) is 0 Å². The molecule has 3 rings (SSSR count). The smallest absolute Gasteiger partial charge is 0.406 e. The van der Waals surface area contributed by atoms with Crippen molar-refractivity contribution in [3.63, 3.8) is 0 Å². The van der Waals surface area contributed by atoms with E-state index in [-0.39, 0.29) is 11.4 Å². The predicted octanol–water partition coefficient (Wildman–Crippen LogP) is 4.70. The Balaban J connectivity index is 1.69. The second-order valence-electron chi connectivity index (χ2n) is 6.28. The van der Waals surface area contributed by atoms with E-state index < -0.39 is 12.3 Å². The lowest BCUT2D eigenvalue weighted by atomic mass is 10.1. The molecule has 1 heterocycles. The van der Waals surface area contributed by atoms with Crippen LogP contribution in [0.1, 0.15) is 27.3 Å². The van der Waals surface area contributed by atoms with Crippen molar-refractivity contribution in [2.75, 3.05) is 5.32 Å². The molecular formula is C20H18F3N3O2. The summed E-state index contributed by atoms with van der Waals surface area (Å²) in [6.45, 7) is 4.40. The van der Waals surface area contributed by atoms with Crippen molar-refractivity contribution in [2.45, 2.75) is 26.8 Å². The maximum absolute atomic E-state index is 12.4. The third-order valence-corrected chi connectivity index (χ3v) is 4.14. The van der Waals surface area contributed by atoms with E-state index in [1.54, 1.807) is 10.7 Å². The first-order chi connectivity index (χ1) is 13.2. The molecule has 0 spiro atoms. The van der Waals surface area contributed by atoms with Crippen molar-refractivity contribution >= 4 is 11.6 Å². The second kappa shape index (κ2) is 7.75. The summed E-state index contributed by atoms with van der Waals surface area (Å²) in [5.41, 5.74) is 3.61. The summed E-state index contributed by atoms with van der Waals surface area (Å²) in [7, 11) is 0. The second-order valence-corrected chi connectivity index (χ2v) is 6.28. The number of carbonyl (C=O) groups excluding carboxylic acids is 1. The number of carbonyl (C=O) groups is 1. The normalized spacial score (nSPS) is 11.3. The van der Waals surface area contributed by atoms with Gasteiger partial charge in [0.1, 0.15) is 5.75 Å². The zero-order valence-electron chi connectivity index (χ0n) is 15.2. The van der Waals surface area contributed by atoms with Gasteiger partial charge in [0, 0.05) is 11.4 Å². The molecular weight excluding hydrogens is 371 g/mol. The molecule has 1 aromatic heterocycles. The van der Waals surface area contributed by atoms with Gasteiger partial charge in [-0.1, -0.05) is 24.3 Å². The van der Waals surface area contributed by atoms with Gasteiger partial charge in [-0.2, -0.15) is 5.10 Å². The van der Waals surface area contributed by atoms with Crippen molar-refractivity contribution in [3.8, 4) is 5.75 Å². The lowest BCUT2D eigenvalue weighted by molar-refractivity contribution is -0.274. The first-order valence-corrected chi connectivity index (χ1v) is 8.47. The van der Waals surface area contributed by atoms with E-state index in [1.165, 1.54) is 12.1 Å². The number of halogens is 3. The predicted molar refractivity (Wildman–Crippen MR) is 98.3 cm³/mol. The van der Waals surface area contributed by atoms with Crippen LogP contribution < -0.4 is 10.1 Å². The highest BCUT2D eigenvalue weighted by molar-refractivity contribution is 6.02. The Morgan fingerprint density at radius 3 is 2.43 bits per heavy atom. The zero-order chi connectivity index (χ0) is 20.3. The fraction of sp³-hybridized carbons (Fsp3) is 0.200. The Hall–Kier alpha value is -3.29. The van der Waals surface area contributed by atoms with Gasteiger partial charge in [0.25, 0.3) is 5.91 Å². The van der Waals surface area contributed by atoms with Crippen LogP contribution in [0, 0.1) is 13.8 Å². The van der Waals surface area contributed by atoms with Crippen LogP contribution >= 0.6 is 0 Å². The van der Waals surface area contributed by atoms with Crippen molar-refractivity contribution < 1.29 is 22.7 Å². The summed E-state index contributed by atoms with van der Waals surface area (Å²) < 4.78 is 42.1. The molecule has 3 aromatic rings. The van der Waals surface area contributed by atoms with Crippen molar-refractivity contribution in [2.24, 2.45) is 0 Å². The fourth-order valence-corrected chi connectivity index (χ4v) is 2.67. The molecule has 1 N–H and O–H groups in total. The number of ether oxygens (including phenoxy) is 1.